The molecule has 1 atom stereocenters. The van der Waals surface area contributed by atoms with Crippen molar-refractivity contribution in [2.24, 2.45) is 11.7 Å². The summed E-state index contributed by atoms with van der Waals surface area (Å²) in [5.41, 5.74) is 13.5. The lowest BCUT2D eigenvalue weighted by atomic mass is 9.88. The van der Waals surface area contributed by atoms with Crippen LogP contribution < -0.4 is 21.5 Å². The van der Waals surface area contributed by atoms with Crippen molar-refractivity contribution in [3.8, 4) is 5.75 Å². The van der Waals surface area contributed by atoms with E-state index in [1.54, 1.807) is 12.1 Å². The molecule has 2 aromatic rings. The Balaban J connectivity index is 1.56. The number of anilines is 2. The lowest BCUT2D eigenvalue weighted by Crippen LogP contribution is -2.19. The molecule has 1 aromatic carbocycles. The summed E-state index contributed by atoms with van der Waals surface area (Å²) in [6.45, 7) is 2.59. The quantitative estimate of drug-likeness (QED) is 0.500. The highest BCUT2D eigenvalue weighted by molar-refractivity contribution is 7.17. The molecule has 0 fully saturated rings. The molecule has 2 amide bonds. The summed E-state index contributed by atoms with van der Waals surface area (Å²) >= 11 is 1.48. The fourth-order valence-electron chi connectivity index (χ4n) is 3.32. The van der Waals surface area contributed by atoms with Crippen molar-refractivity contribution in [1.29, 1.82) is 0 Å². The fourth-order valence-corrected chi connectivity index (χ4v) is 4.75. The zero-order valence-corrected chi connectivity index (χ0v) is 16.2. The molecule has 1 aliphatic carbocycles. The van der Waals surface area contributed by atoms with E-state index in [4.69, 9.17) is 16.2 Å². The van der Waals surface area contributed by atoms with Gasteiger partial charge >= 0.3 is 0 Å². The van der Waals surface area contributed by atoms with Gasteiger partial charge in [0.05, 0.1) is 17.9 Å². The zero-order valence-electron chi connectivity index (χ0n) is 15.4. The minimum absolute atomic E-state index is 0.145. The maximum atomic E-state index is 12.3. The molecule has 6 nitrogen and oxygen atoms in total. The van der Waals surface area contributed by atoms with Crippen molar-refractivity contribution in [2.45, 2.75) is 39.0 Å². The van der Waals surface area contributed by atoms with E-state index in [1.807, 2.05) is 12.1 Å². The first-order chi connectivity index (χ1) is 13.0. The van der Waals surface area contributed by atoms with Crippen LogP contribution in [0.2, 0.25) is 0 Å². The molecule has 3 rings (SSSR count). The molecule has 0 radical (unpaired) electrons. The van der Waals surface area contributed by atoms with Gasteiger partial charge in [-0.25, -0.2) is 0 Å². The molecule has 1 aromatic heterocycles. The number of rotatable bonds is 7. The van der Waals surface area contributed by atoms with Gasteiger partial charge in [0.25, 0.3) is 5.91 Å². The number of nitrogens with two attached hydrogens (primary N) is 2. The number of hydrogen-bond donors (Lipinski definition) is 3. The van der Waals surface area contributed by atoms with Gasteiger partial charge in [0.2, 0.25) is 5.91 Å². The van der Waals surface area contributed by atoms with Gasteiger partial charge in [-0.1, -0.05) is 19.1 Å². The standard InChI is InChI=1S/C20H25N3O3S/c1-12-8-9-13-16(11-12)27-20(18(13)19(22)25)23-17(24)7-4-10-26-15-6-3-2-5-14(15)21/h2-3,5-6,12H,4,7-11,21H2,1H3,(H2,22,25)(H,23,24). The predicted molar refractivity (Wildman–Crippen MR) is 108 cm³/mol. The second kappa shape index (κ2) is 8.43. The van der Waals surface area contributed by atoms with Crippen LogP contribution in [0.3, 0.4) is 0 Å². The van der Waals surface area contributed by atoms with E-state index in [1.165, 1.54) is 16.2 Å². The van der Waals surface area contributed by atoms with Crippen LogP contribution in [0.15, 0.2) is 24.3 Å². The molecule has 0 saturated carbocycles. The first-order valence-corrected chi connectivity index (χ1v) is 9.99. The minimum atomic E-state index is -0.472. The minimum Gasteiger partial charge on any atom is -0.491 e. The van der Waals surface area contributed by atoms with Gasteiger partial charge in [0.1, 0.15) is 10.8 Å². The predicted octanol–water partition coefficient (Wildman–Crippen LogP) is 3.35. The number of amides is 2. The van der Waals surface area contributed by atoms with Crippen molar-refractivity contribution in [3.05, 3.63) is 40.3 Å². The third-order valence-corrected chi connectivity index (χ3v) is 5.91. The van der Waals surface area contributed by atoms with Crippen LogP contribution in [0.25, 0.3) is 0 Å². The Kier molecular flexibility index (Phi) is 6.01. The van der Waals surface area contributed by atoms with E-state index in [0.29, 0.717) is 47.4 Å². The van der Waals surface area contributed by atoms with E-state index in [0.717, 1.165) is 24.8 Å². The summed E-state index contributed by atoms with van der Waals surface area (Å²) in [6, 6.07) is 7.26. The van der Waals surface area contributed by atoms with Crippen molar-refractivity contribution in [1.82, 2.24) is 0 Å². The molecule has 7 heteroatoms. The molecule has 0 saturated heterocycles. The molecule has 1 aliphatic rings. The molecular weight excluding hydrogens is 362 g/mol. The number of nitrogen functional groups attached to an aromatic ring is 1. The van der Waals surface area contributed by atoms with Crippen LogP contribution in [0.4, 0.5) is 10.7 Å². The summed E-state index contributed by atoms with van der Waals surface area (Å²) in [5.74, 6) is 0.589. The number of nitrogens with one attached hydrogen (secondary N) is 1. The molecule has 1 heterocycles. The Hall–Kier alpha value is -2.54. The van der Waals surface area contributed by atoms with Crippen molar-refractivity contribution >= 4 is 33.8 Å². The first kappa shape index (κ1) is 19.2. The maximum absolute atomic E-state index is 12.3. The Morgan fingerprint density at radius 2 is 2.11 bits per heavy atom. The van der Waals surface area contributed by atoms with Crippen LogP contribution in [-0.2, 0) is 17.6 Å². The third kappa shape index (κ3) is 4.60. The van der Waals surface area contributed by atoms with Crippen molar-refractivity contribution < 1.29 is 14.3 Å². The summed E-state index contributed by atoms with van der Waals surface area (Å²) in [7, 11) is 0. The Morgan fingerprint density at radius 1 is 1.33 bits per heavy atom. The number of benzene rings is 1. The normalized spacial score (nSPS) is 15.8. The topological polar surface area (TPSA) is 107 Å². The number of fused-ring (bicyclic) bond motifs is 1. The molecule has 0 spiro atoms. The van der Waals surface area contributed by atoms with Gasteiger partial charge in [-0.3, -0.25) is 9.59 Å². The third-order valence-electron chi connectivity index (χ3n) is 4.74. The van der Waals surface area contributed by atoms with Gasteiger partial charge in [0, 0.05) is 11.3 Å². The molecule has 0 bridgehead atoms. The highest BCUT2D eigenvalue weighted by Gasteiger charge is 2.27. The van der Waals surface area contributed by atoms with Crippen molar-refractivity contribution in [2.75, 3.05) is 17.7 Å². The first-order valence-electron chi connectivity index (χ1n) is 9.17. The highest BCUT2D eigenvalue weighted by atomic mass is 32.1. The van der Waals surface area contributed by atoms with Gasteiger partial charge in [-0.2, -0.15) is 0 Å². The number of primary amides is 1. The second-order valence-electron chi connectivity index (χ2n) is 6.96. The monoisotopic (exact) mass is 387 g/mol. The van der Waals surface area contributed by atoms with E-state index < -0.39 is 5.91 Å². The summed E-state index contributed by atoms with van der Waals surface area (Å²) in [4.78, 5) is 25.4. The average molecular weight is 388 g/mol. The fraction of sp³-hybridized carbons (Fsp3) is 0.400. The Labute approximate surface area is 162 Å². The van der Waals surface area contributed by atoms with Gasteiger partial charge in [0.15, 0.2) is 0 Å². The number of para-hydroxylation sites is 2. The maximum Gasteiger partial charge on any atom is 0.251 e. The smallest absolute Gasteiger partial charge is 0.251 e. The van der Waals surface area contributed by atoms with Crippen LogP contribution in [0, 0.1) is 5.92 Å². The largest absolute Gasteiger partial charge is 0.491 e. The van der Waals surface area contributed by atoms with Gasteiger partial charge in [-0.15, -0.1) is 11.3 Å². The molecule has 1 unspecified atom stereocenters. The molecule has 0 aliphatic heterocycles. The van der Waals surface area contributed by atoms with E-state index in [9.17, 15) is 9.59 Å². The van der Waals surface area contributed by atoms with E-state index in [2.05, 4.69) is 12.2 Å². The number of carbonyl (C=O) groups excluding carboxylic acids is 2. The number of carbonyl (C=O) groups is 2. The molecular formula is C20H25N3O3S. The average Bonchev–Trinajstić information content (AvgIpc) is 2.97. The number of thiophene rings is 1. The van der Waals surface area contributed by atoms with E-state index in [-0.39, 0.29) is 5.91 Å². The number of hydrogen-bond acceptors (Lipinski definition) is 5. The SMILES string of the molecule is CC1CCc2c(sc(NC(=O)CCCOc3ccccc3N)c2C(N)=O)C1. The molecule has 144 valence electrons. The second-order valence-corrected chi connectivity index (χ2v) is 8.06. The summed E-state index contributed by atoms with van der Waals surface area (Å²) in [5, 5.41) is 3.46. The summed E-state index contributed by atoms with van der Waals surface area (Å²) < 4.78 is 5.60. The number of ether oxygens (including phenoxy) is 1. The van der Waals surface area contributed by atoms with E-state index >= 15 is 0 Å². The summed E-state index contributed by atoms with van der Waals surface area (Å²) in [6.07, 6.45) is 3.66. The van der Waals surface area contributed by atoms with Gasteiger partial charge in [-0.05, 0) is 49.3 Å². The zero-order chi connectivity index (χ0) is 19.4. The van der Waals surface area contributed by atoms with Gasteiger partial charge < -0.3 is 21.5 Å². The molecule has 27 heavy (non-hydrogen) atoms. The Bertz CT molecular complexity index is 847. The van der Waals surface area contributed by atoms with Crippen LogP contribution in [0.5, 0.6) is 5.75 Å². The van der Waals surface area contributed by atoms with Crippen LogP contribution in [0.1, 0.15) is 47.0 Å². The lowest BCUT2D eigenvalue weighted by molar-refractivity contribution is -0.116. The van der Waals surface area contributed by atoms with Crippen molar-refractivity contribution in [3.63, 3.8) is 0 Å². The Morgan fingerprint density at radius 3 is 2.85 bits per heavy atom. The lowest BCUT2D eigenvalue weighted by Gasteiger charge is -2.18. The highest BCUT2D eigenvalue weighted by Crippen LogP contribution is 2.39. The van der Waals surface area contributed by atoms with Crippen LogP contribution in [-0.4, -0.2) is 18.4 Å². The van der Waals surface area contributed by atoms with Crippen LogP contribution >= 0.6 is 11.3 Å². The molecule has 5 N–H and O–H groups in total.